The maximum absolute atomic E-state index is 13.7. The van der Waals surface area contributed by atoms with Crippen molar-refractivity contribution >= 4 is 10.8 Å². The Morgan fingerprint density at radius 2 is 1.79 bits per heavy atom. The normalized spacial score (nSPS) is 14.9. The van der Waals surface area contributed by atoms with Gasteiger partial charge in [-0.05, 0) is 56.1 Å². The lowest BCUT2D eigenvalue weighted by molar-refractivity contribution is 0.205. The van der Waals surface area contributed by atoms with Crippen LogP contribution < -0.4 is 10.3 Å². The molecule has 1 aliphatic rings. The number of halogens is 1. The Labute approximate surface area is 170 Å². The molecule has 0 bridgehead atoms. The van der Waals surface area contributed by atoms with E-state index < -0.39 is 5.82 Å². The van der Waals surface area contributed by atoms with Gasteiger partial charge in [-0.25, -0.2) is 4.39 Å². The van der Waals surface area contributed by atoms with Gasteiger partial charge in [0.05, 0.1) is 17.7 Å². The van der Waals surface area contributed by atoms with E-state index in [1.807, 2.05) is 30.3 Å². The van der Waals surface area contributed by atoms with Crippen molar-refractivity contribution in [3.63, 3.8) is 0 Å². The first-order valence-electron chi connectivity index (χ1n) is 10.4. The van der Waals surface area contributed by atoms with E-state index in [2.05, 4.69) is 9.88 Å². The summed E-state index contributed by atoms with van der Waals surface area (Å²) in [6.45, 7) is 3.92. The number of fused-ring (bicyclic) bond motifs is 1. The third kappa shape index (κ3) is 4.85. The number of pyridine rings is 1. The average Bonchev–Trinajstić information content (AvgIpc) is 2.75. The average molecular weight is 394 g/mol. The lowest BCUT2D eigenvalue weighted by Crippen LogP contribution is -2.31. The van der Waals surface area contributed by atoms with Crippen molar-refractivity contribution < 1.29 is 9.13 Å². The minimum atomic E-state index is -0.421. The fourth-order valence-electron chi connectivity index (χ4n) is 4.06. The minimum Gasteiger partial charge on any atom is -0.491 e. The van der Waals surface area contributed by atoms with E-state index in [1.165, 1.54) is 44.5 Å². The molecule has 5 heteroatoms. The Hall–Kier alpha value is -2.66. The lowest BCUT2D eigenvalue weighted by Gasteiger charge is -2.26. The molecule has 0 aliphatic carbocycles. The first-order valence-corrected chi connectivity index (χ1v) is 10.4. The first kappa shape index (κ1) is 19.6. The molecule has 0 amide bonds. The van der Waals surface area contributed by atoms with Gasteiger partial charge < -0.3 is 14.6 Å². The summed E-state index contributed by atoms with van der Waals surface area (Å²) in [6, 6.07) is 14.3. The summed E-state index contributed by atoms with van der Waals surface area (Å²) in [6.07, 6.45) is 5.36. The van der Waals surface area contributed by atoms with Gasteiger partial charge in [0.15, 0.2) is 0 Å². The molecule has 2 heterocycles. The number of piperidine rings is 1. The van der Waals surface area contributed by atoms with Crippen LogP contribution >= 0.6 is 0 Å². The van der Waals surface area contributed by atoms with Gasteiger partial charge in [0, 0.05) is 18.4 Å². The summed E-state index contributed by atoms with van der Waals surface area (Å²) >= 11 is 0. The molecule has 2 aromatic carbocycles. The van der Waals surface area contributed by atoms with E-state index in [0.29, 0.717) is 29.5 Å². The van der Waals surface area contributed by atoms with Crippen LogP contribution in [0.1, 0.15) is 36.9 Å². The molecule has 1 fully saturated rings. The maximum Gasteiger partial charge on any atom is 0.256 e. The molecule has 1 saturated heterocycles. The van der Waals surface area contributed by atoms with Crippen LogP contribution in [0, 0.1) is 5.82 Å². The molecule has 1 N–H and O–H groups in total. The Balaban J connectivity index is 1.57. The summed E-state index contributed by atoms with van der Waals surface area (Å²) in [5.74, 6) is 0.233. The predicted molar refractivity (Wildman–Crippen MR) is 114 cm³/mol. The smallest absolute Gasteiger partial charge is 0.256 e. The van der Waals surface area contributed by atoms with Crippen LogP contribution in [0.25, 0.3) is 10.8 Å². The molecule has 152 valence electrons. The third-order valence-electron chi connectivity index (χ3n) is 5.55. The molecule has 29 heavy (non-hydrogen) atoms. The van der Waals surface area contributed by atoms with Gasteiger partial charge in [-0.2, -0.15) is 0 Å². The topological polar surface area (TPSA) is 45.3 Å². The Morgan fingerprint density at radius 3 is 2.59 bits per heavy atom. The largest absolute Gasteiger partial charge is 0.491 e. The number of H-pyrrole nitrogens is 1. The van der Waals surface area contributed by atoms with Crippen molar-refractivity contribution in [3.05, 3.63) is 76.0 Å². The number of ether oxygens (including phenoxy) is 1. The Bertz CT molecular complexity index is 1010. The molecular formula is C24H27FN2O2. The zero-order valence-electron chi connectivity index (χ0n) is 16.6. The van der Waals surface area contributed by atoms with Crippen LogP contribution in [0.4, 0.5) is 4.39 Å². The number of hydrogen-bond donors (Lipinski definition) is 1. The SMILES string of the molecule is O=c1[nH]c(Cc2ccccc2)c(OCCCN2CCCCC2)c2ccc(F)cc12. The number of benzene rings is 2. The monoisotopic (exact) mass is 394 g/mol. The van der Waals surface area contributed by atoms with Crippen LogP contribution in [-0.4, -0.2) is 36.1 Å². The maximum atomic E-state index is 13.7. The number of hydrogen-bond acceptors (Lipinski definition) is 3. The first-order chi connectivity index (χ1) is 14.2. The number of nitrogens with one attached hydrogen (secondary N) is 1. The van der Waals surface area contributed by atoms with Crippen molar-refractivity contribution in [2.45, 2.75) is 32.1 Å². The highest BCUT2D eigenvalue weighted by Crippen LogP contribution is 2.28. The second kappa shape index (κ2) is 9.23. The quantitative estimate of drug-likeness (QED) is 0.600. The second-order valence-electron chi connectivity index (χ2n) is 7.72. The van der Waals surface area contributed by atoms with Crippen LogP contribution in [0.5, 0.6) is 5.75 Å². The zero-order valence-corrected chi connectivity index (χ0v) is 16.6. The Kier molecular flexibility index (Phi) is 6.25. The van der Waals surface area contributed by atoms with E-state index in [0.717, 1.165) is 24.2 Å². The lowest BCUT2D eigenvalue weighted by atomic mass is 10.0. The zero-order chi connectivity index (χ0) is 20.1. The molecule has 0 unspecified atom stereocenters. The number of likely N-dealkylation sites (tertiary alicyclic amines) is 1. The fraction of sp³-hybridized carbons (Fsp3) is 0.375. The predicted octanol–water partition coefficient (Wildman–Crippen LogP) is 4.51. The van der Waals surface area contributed by atoms with Crippen molar-refractivity contribution in [1.29, 1.82) is 0 Å². The summed E-state index contributed by atoms with van der Waals surface area (Å²) in [7, 11) is 0. The van der Waals surface area contributed by atoms with E-state index in [-0.39, 0.29) is 5.56 Å². The fourth-order valence-corrected chi connectivity index (χ4v) is 4.06. The molecule has 1 aliphatic heterocycles. The molecule has 4 rings (SSSR count). The number of nitrogens with zero attached hydrogens (tertiary/aromatic N) is 1. The van der Waals surface area contributed by atoms with Crippen molar-refractivity contribution in [1.82, 2.24) is 9.88 Å². The minimum absolute atomic E-state index is 0.286. The summed E-state index contributed by atoms with van der Waals surface area (Å²) in [5.41, 5.74) is 1.53. The molecule has 0 radical (unpaired) electrons. The van der Waals surface area contributed by atoms with Gasteiger partial charge in [-0.3, -0.25) is 4.79 Å². The van der Waals surface area contributed by atoms with Crippen LogP contribution in [0.2, 0.25) is 0 Å². The van der Waals surface area contributed by atoms with Crippen LogP contribution in [-0.2, 0) is 6.42 Å². The molecule has 3 aromatic rings. The number of aromatic nitrogens is 1. The third-order valence-corrected chi connectivity index (χ3v) is 5.55. The highest BCUT2D eigenvalue weighted by Gasteiger charge is 2.15. The van der Waals surface area contributed by atoms with E-state index >= 15 is 0 Å². The molecule has 1 aromatic heterocycles. The van der Waals surface area contributed by atoms with Gasteiger partial charge in [0.25, 0.3) is 5.56 Å². The molecule has 0 saturated carbocycles. The number of aromatic amines is 1. The van der Waals surface area contributed by atoms with Crippen LogP contribution in [0.15, 0.2) is 53.3 Å². The molecular weight excluding hydrogens is 367 g/mol. The van der Waals surface area contributed by atoms with Crippen molar-refractivity contribution in [2.75, 3.05) is 26.2 Å². The summed E-state index contributed by atoms with van der Waals surface area (Å²) in [5, 5.41) is 0.992. The van der Waals surface area contributed by atoms with Gasteiger partial charge in [-0.1, -0.05) is 36.8 Å². The highest BCUT2D eigenvalue weighted by molar-refractivity contribution is 5.88. The van der Waals surface area contributed by atoms with Crippen molar-refractivity contribution in [3.8, 4) is 5.75 Å². The van der Waals surface area contributed by atoms with Gasteiger partial charge in [0.2, 0.25) is 0 Å². The van der Waals surface area contributed by atoms with E-state index in [4.69, 9.17) is 4.74 Å². The van der Waals surface area contributed by atoms with Gasteiger partial charge >= 0.3 is 0 Å². The van der Waals surface area contributed by atoms with Gasteiger partial charge in [-0.15, -0.1) is 0 Å². The van der Waals surface area contributed by atoms with E-state index in [9.17, 15) is 9.18 Å². The molecule has 0 spiro atoms. The van der Waals surface area contributed by atoms with E-state index in [1.54, 1.807) is 6.07 Å². The Morgan fingerprint density at radius 1 is 1.00 bits per heavy atom. The molecule has 4 nitrogen and oxygen atoms in total. The van der Waals surface area contributed by atoms with Crippen molar-refractivity contribution in [2.24, 2.45) is 0 Å². The second-order valence-corrected chi connectivity index (χ2v) is 7.72. The highest BCUT2D eigenvalue weighted by atomic mass is 19.1. The summed E-state index contributed by atoms with van der Waals surface area (Å²) < 4.78 is 19.9. The number of rotatable bonds is 7. The standard InChI is InChI=1S/C24H27FN2O2/c25-19-10-11-20-21(17-19)24(28)26-22(16-18-8-3-1-4-9-18)23(20)29-15-7-14-27-12-5-2-6-13-27/h1,3-4,8-11,17H,2,5-7,12-16H2,(H,26,28). The molecule has 0 atom stereocenters. The van der Waals surface area contributed by atoms with Gasteiger partial charge in [0.1, 0.15) is 11.6 Å². The van der Waals surface area contributed by atoms with Crippen LogP contribution in [0.3, 0.4) is 0 Å². The summed E-state index contributed by atoms with van der Waals surface area (Å²) in [4.78, 5) is 18.0.